The minimum atomic E-state index is -0.437. The molecule has 1 heteroatoms. The third kappa shape index (κ3) is 36.6. The van der Waals surface area contributed by atoms with Crippen molar-refractivity contribution in [2.24, 2.45) is 0 Å². The first-order valence-corrected chi connectivity index (χ1v) is 22.8. The molecule has 0 saturated carbocycles. The lowest BCUT2D eigenvalue weighted by molar-refractivity contribution is 0.530. The van der Waals surface area contributed by atoms with Gasteiger partial charge in [0.1, 0.15) is 0 Å². The first-order valence-electron chi connectivity index (χ1n) is 20.3. The van der Waals surface area contributed by atoms with Crippen molar-refractivity contribution in [1.82, 2.24) is 0 Å². The van der Waals surface area contributed by atoms with E-state index in [0.717, 1.165) is 0 Å². The van der Waals surface area contributed by atoms with E-state index in [1.165, 1.54) is 205 Å². The highest BCUT2D eigenvalue weighted by Crippen LogP contribution is 2.20. The summed E-state index contributed by atoms with van der Waals surface area (Å²) in [5.41, 5.74) is 0. The van der Waals surface area contributed by atoms with Crippen LogP contribution >= 0.6 is 0 Å². The van der Waals surface area contributed by atoms with Gasteiger partial charge in [-0.2, -0.15) is 0 Å². The van der Waals surface area contributed by atoms with Crippen molar-refractivity contribution in [3.63, 3.8) is 0 Å². The molecule has 0 aliphatic rings. The molecule has 0 aliphatic heterocycles. The van der Waals surface area contributed by atoms with E-state index >= 15 is 0 Å². The lowest BCUT2D eigenvalue weighted by atomic mass is 10.0. The van der Waals surface area contributed by atoms with Gasteiger partial charge in [0.2, 0.25) is 0 Å². The summed E-state index contributed by atoms with van der Waals surface area (Å²) in [4.78, 5) is 0. The molecule has 0 unspecified atom stereocenters. The predicted octanol–water partition coefficient (Wildman–Crippen LogP) is 15.8. The third-order valence-corrected chi connectivity index (χ3v) is 13.6. The average Bonchev–Trinajstić information content (AvgIpc) is 2.98. The molecule has 0 N–H and O–H groups in total. The van der Waals surface area contributed by atoms with Gasteiger partial charge in [-0.05, 0) is 0 Å². The molecule has 0 aromatic rings. The van der Waals surface area contributed by atoms with Crippen molar-refractivity contribution in [1.29, 1.82) is 0 Å². The molecule has 0 bridgehead atoms. The second-order valence-corrected chi connectivity index (χ2v) is 17.7. The van der Waals surface area contributed by atoms with E-state index < -0.39 is 14.1 Å². The summed E-state index contributed by atoms with van der Waals surface area (Å²) in [6.45, 7) is 7.03. The predicted molar refractivity (Wildman–Crippen MR) is 194 cm³/mol. The van der Waals surface area contributed by atoms with Gasteiger partial charge >= 0.3 is 0 Å². The molecule has 0 fully saturated rings. The van der Waals surface area contributed by atoms with Gasteiger partial charge in [-0.1, -0.05) is 255 Å². The molecule has 0 spiro atoms. The Bertz CT molecular complexity index is 397. The summed E-state index contributed by atoms with van der Waals surface area (Å²) in [5, 5.41) is 4.97. The van der Waals surface area contributed by atoms with Gasteiger partial charge in [0.25, 0.3) is 14.1 Å². The monoisotopic (exact) mass is 591 g/mol. The summed E-state index contributed by atoms with van der Waals surface area (Å²) in [7, 11) is 0. The lowest BCUT2D eigenvalue weighted by Gasteiger charge is -2.12. The van der Waals surface area contributed by atoms with Crippen molar-refractivity contribution < 1.29 is 0 Å². The van der Waals surface area contributed by atoms with Gasteiger partial charge in [-0.3, -0.25) is 0 Å². The van der Waals surface area contributed by atoms with E-state index in [4.69, 9.17) is 0 Å². The smallest absolute Gasteiger partial charge is 0.0939 e. The highest BCUT2D eigenvalue weighted by atomic mass is 27.2. The van der Waals surface area contributed by atoms with Crippen LogP contribution < -0.4 is 0 Å². The molecular formula is C40H83Al. The van der Waals surface area contributed by atoms with Gasteiger partial charge in [0.15, 0.2) is 0 Å². The van der Waals surface area contributed by atoms with Crippen LogP contribution in [0.1, 0.15) is 239 Å². The highest BCUT2D eigenvalue weighted by Gasteiger charge is 2.15. The van der Waals surface area contributed by atoms with Gasteiger partial charge in [0, 0.05) is 0 Å². The van der Waals surface area contributed by atoms with Crippen molar-refractivity contribution in [2.45, 2.75) is 255 Å². The van der Waals surface area contributed by atoms with Crippen LogP contribution in [0.4, 0.5) is 0 Å². The normalized spacial score (nSPS) is 11.5. The minimum Gasteiger partial charge on any atom is -0.0939 e. The molecule has 0 atom stereocenters. The Morgan fingerprint density at radius 1 is 0.195 bits per heavy atom. The molecule has 0 aromatic carbocycles. The maximum Gasteiger partial charge on any atom is 0.261 e. The topological polar surface area (TPSA) is 0 Å². The zero-order chi connectivity index (χ0) is 29.7. The van der Waals surface area contributed by atoms with Crippen LogP contribution in [-0.4, -0.2) is 14.1 Å². The maximum atomic E-state index is 2.40. The number of rotatable bonds is 37. The Hall–Kier alpha value is 0.532. The number of hydrogen-bond donors (Lipinski definition) is 0. The molecule has 0 radical (unpaired) electrons. The molecule has 0 rings (SSSR count). The van der Waals surface area contributed by atoms with Crippen LogP contribution in [0.5, 0.6) is 0 Å². The summed E-state index contributed by atoms with van der Waals surface area (Å²) in [6, 6.07) is 0. The van der Waals surface area contributed by atoms with Crippen molar-refractivity contribution in [3.8, 4) is 0 Å². The fraction of sp³-hybridized carbons (Fsp3) is 1.00. The van der Waals surface area contributed by atoms with Crippen LogP contribution in [0, 0.1) is 0 Å². The molecule has 0 amide bonds. The van der Waals surface area contributed by atoms with E-state index in [-0.39, 0.29) is 0 Å². The lowest BCUT2D eigenvalue weighted by Crippen LogP contribution is -2.11. The van der Waals surface area contributed by atoms with Crippen molar-refractivity contribution >= 4 is 14.1 Å². The van der Waals surface area contributed by atoms with E-state index in [9.17, 15) is 0 Å². The van der Waals surface area contributed by atoms with Crippen molar-refractivity contribution in [3.05, 3.63) is 0 Å². The zero-order valence-electron chi connectivity index (χ0n) is 29.7. The summed E-state index contributed by atoms with van der Waals surface area (Å²) in [6.07, 6.45) is 50.7. The van der Waals surface area contributed by atoms with Gasteiger partial charge in [-0.25, -0.2) is 0 Å². The molecule has 0 saturated heterocycles. The van der Waals surface area contributed by atoms with Gasteiger partial charge < -0.3 is 0 Å². The quantitative estimate of drug-likeness (QED) is 0.0498. The number of hydrogen-bond acceptors (Lipinski definition) is 0. The molecule has 246 valence electrons. The minimum absolute atomic E-state index is 0.437. The van der Waals surface area contributed by atoms with Gasteiger partial charge in [-0.15, -0.1) is 0 Å². The standard InChI is InChI=1S/2C18H37.C4H9.Al/c2*1-3-5-7-9-11-13-15-17-18-16-14-12-10-8-6-4-2;1-3-4-2;/h2*1,3-18H2,2H3;1,3-4H2,2H3;. The molecule has 0 aliphatic carbocycles. The maximum absolute atomic E-state index is 2.40. The largest absolute Gasteiger partial charge is 0.261 e. The van der Waals surface area contributed by atoms with Crippen LogP contribution in [0.15, 0.2) is 0 Å². The average molecular weight is 591 g/mol. The fourth-order valence-electron chi connectivity index (χ4n) is 6.89. The van der Waals surface area contributed by atoms with Crippen LogP contribution in [0.2, 0.25) is 15.8 Å². The molecule has 0 nitrogen and oxygen atoms in total. The molecule has 0 heterocycles. The van der Waals surface area contributed by atoms with E-state index in [1.54, 1.807) is 28.7 Å². The van der Waals surface area contributed by atoms with E-state index in [0.29, 0.717) is 0 Å². The van der Waals surface area contributed by atoms with E-state index in [2.05, 4.69) is 20.8 Å². The summed E-state index contributed by atoms with van der Waals surface area (Å²) in [5.74, 6) is 0. The Morgan fingerprint density at radius 2 is 0.366 bits per heavy atom. The van der Waals surface area contributed by atoms with Gasteiger partial charge in [0.05, 0.1) is 0 Å². The van der Waals surface area contributed by atoms with Crippen LogP contribution in [0.25, 0.3) is 0 Å². The first-order chi connectivity index (χ1) is 20.3. The second kappa shape index (κ2) is 38.6. The molecule has 0 aromatic heterocycles. The SMILES string of the molecule is CCCCCCCCCCCCCCCCC[CH2][Al]([CH2]CCC)[CH2]CCCCCCCCCCCCCCCCC. The second-order valence-electron chi connectivity index (χ2n) is 14.2. The summed E-state index contributed by atoms with van der Waals surface area (Å²) >= 11 is -0.437. The Kier molecular flexibility index (Phi) is 39.1. The molecular weight excluding hydrogens is 507 g/mol. The Balaban J connectivity index is 3.44. The highest BCUT2D eigenvalue weighted by molar-refractivity contribution is 6.58. The number of unbranched alkanes of at least 4 members (excludes halogenated alkanes) is 31. The fourth-order valence-corrected chi connectivity index (χ4v) is 10.5. The Labute approximate surface area is 268 Å². The zero-order valence-corrected chi connectivity index (χ0v) is 30.9. The van der Waals surface area contributed by atoms with Crippen LogP contribution in [0.3, 0.4) is 0 Å². The molecule has 41 heavy (non-hydrogen) atoms. The van der Waals surface area contributed by atoms with Crippen molar-refractivity contribution in [2.75, 3.05) is 0 Å². The van der Waals surface area contributed by atoms with Crippen LogP contribution in [-0.2, 0) is 0 Å². The first kappa shape index (κ1) is 41.5. The summed E-state index contributed by atoms with van der Waals surface area (Å²) < 4.78 is 0. The van der Waals surface area contributed by atoms with E-state index in [1.807, 2.05) is 0 Å². The third-order valence-electron chi connectivity index (χ3n) is 9.90. The Morgan fingerprint density at radius 3 is 0.585 bits per heavy atom.